The molecule has 0 aliphatic carbocycles. The maximum Gasteiger partial charge on any atom is 0.325 e. The third-order valence-corrected chi connectivity index (χ3v) is 5.62. The van der Waals surface area contributed by atoms with Gasteiger partial charge in [0.2, 0.25) is 10.0 Å². The molecule has 8 heteroatoms. The molecule has 2 rings (SSSR count). The Hall–Kier alpha value is -1.96. The van der Waals surface area contributed by atoms with Crippen LogP contribution in [0.3, 0.4) is 0 Å². The monoisotopic (exact) mass is 413 g/mol. The lowest BCUT2D eigenvalue weighted by molar-refractivity contribution is -0.151. The molecule has 5 nitrogen and oxygen atoms in total. The standard InChI is InChI=1S/C19H21ClFNO4S/c1-12(2)18(22-27(24,25)17-6-4-5-15(20)11-17)19(23)26-13(3)14-7-9-16(21)10-8-14/h4-13,18,22H,1-3H3/t13-,18-/m0/s1. The number of hydrogen-bond acceptors (Lipinski definition) is 4. The fraction of sp³-hybridized carbons (Fsp3) is 0.316. The van der Waals surface area contributed by atoms with Gasteiger partial charge in [0, 0.05) is 5.02 Å². The molecular weight excluding hydrogens is 393 g/mol. The molecule has 1 N–H and O–H groups in total. The van der Waals surface area contributed by atoms with Gasteiger partial charge in [0.05, 0.1) is 4.90 Å². The molecule has 0 aliphatic heterocycles. The van der Waals surface area contributed by atoms with Crippen molar-refractivity contribution in [3.63, 3.8) is 0 Å². The lowest BCUT2D eigenvalue weighted by Crippen LogP contribution is -2.45. The zero-order chi connectivity index (χ0) is 20.2. The summed E-state index contributed by atoms with van der Waals surface area (Å²) in [6.07, 6.45) is -0.657. The van der Waals surface area contributed by atoms with E-state index in [-0.39, 0.29) is 15.8 Å². The molecule has 27 heavy (non-hydrogen) atoms. The first-order valence-corrected chi connectivity index (χ1v) is 10.2. The predicted molar refractivity (Wildman–Crippen MR) is 101 cm³/mol. The fourth-order valence-corrected chi connectivity index (χ4v) is 4.01. The molecule has 2 aromatic carbocycles. The molecule has 0 fully saturated rings. The molecule has 2 aromatic rings. The third kappa shape index (κ3) is 5.76. The molecule has 0 unspecified atom stereocenters. The zero-order valence-electron chi connectivity index (χ0n) is 15.1. The average Bonchev–Trinajstić information content (AvgIpc) is 2.60. The average molecular weight is 414 g/mol. The molecule has 0 spiro atoms. The van der Waals surface area contributed by atoms with Gasteiger partial charge in [-0.15, -0.1) is 0 Å². The molecule has 2 atom stereocenters. The van der Waals surface area contributed by atoms with E-state index in [0.717, 1.165) is 0 Å². The molecule has 0 aromatic heterocycles. The van der Waals surface area contributed by atoms with Crippen LogP contribution < -0.4 is 4.72 Å². The Morgan fingerprint density at radius 3 is 2.30 bits per heavy atom. The summed E-state index contributed by atoms with van der Waals surface area (Å²) in [6.45, 7) is 5.04. The molecule has 0 aliphatic rings. The SMILES string of the molecule is CC(C)[C@H](NS(=O)(=O)c1cccc(Cl)c1)C(=O)O[C@@H](C)c1ccc(F)cc1. The van der Waals surface area contributed by atoms with Crippen LogP contribution >= 0.6 is 11.6 Å². The van der Waals surface area contributed by atoms with Gasteiger partial charge in [0.15, 0.2) is 0 Å². The summed E-state index contributed by atoms with van der Waals surface area (Å²) in [4.78, 5) is 12.5. The number of sulfonamides is 1. The summed E-state index contributed by atoms with van der Waals surface area (Å²) < 4.78 is 46.0. The van der Waals surface area contributed by atoms with Crippen molar-refractivity contribution in [2.24, 2.45) is 5.92 Å². The van der Waals surface area contributed by atoms with Gasteiger partial charge in [0.25, 0.3) is 0 Å². The second-order valence-corrected chi connectivity index (χ2v) is 8.58. The first-order valence-electron chi connectivity index (χ1n) is 8.34. The van der Waals surface area contributed by atoms with E-state index in [1.165, 1.54) is 42.5 Å². The van der Waals surface area contributed by atoms with Crippen LogP contribution in [0.1, 0.15) is 32.4 Å². The number of rotatable bonds is 7. The number of hydrogen-bond donors (Lipinski definition) is 1. The van der Waals surface area contributed by atoms with E-state index >= 15 is 0 Å². The van der Waals surface area contributed by atoms with Gasteiger partial charge in [-0.05, 0) is 48.7 Å². The van der Waals surface area contributed by atoms with Crippen molar-refractivity contribution in [2.45, 2.75) is 37.8 Å². The molecule has 0 radical (unpaired) electrons. The molecule has 0 saturated heterocycles. The van der Waals surface area contributed by atoms with Gasteiger partial charge < -0.3 is 4.74 Å². The highest BCUT2D eigenvalue weighted by Crippen LogP contribution is 2.21. The Morgan fingerprint density at radius 1 is 1.11 bits per heavy atom. The number of ether oxygens (including phenoxy) is 1. The Kier molecular flexibility index (Phi) is 6.97. The molecule has 0 heterocycles. The van der Waals surface area contributed by atoms with E-state index in [9.17, 15) is 17.6 Å². The van der Waals surface area contributed by atoms with Crippen molar-refractivity contribution >= 4 is 27.6 Å². The largest absolute Gasteiger partial charge is 0.457 e. The first-order chi connectivity index (χ1) is 12.6. The number of esters is 1. The fourth-order valence-electron chi connectivity index (χ4n) is 2.38. The number of carbonyl (C=O) groups is 1. The Bertz CT molecular complexity index is 900. The minimum Gasteiger partial charge on any atom is -0.457 e. The second kappa shape index (κ2) is 8.82. The maximum absolute atomic E-state index is 13.0. The minimum atomic E-state index is -3.96. The van der Waals surface area contributed by atoms with Gasteiger partial charge >= 0.3 is 5.97 Å². The summed E-state index contributed by atoms with van der Waals surface area (Å²) >= 11 is 5.85. The highest BCUT2D eigenvalue weighted by Gasteiger charge is 2.31. The van der Waals surface area contributed by atoms with E-state index in [2.05, 4.69) is 4.72 Å². The van der Waals surface area contributed by atoms with Crippen molar-refractivity contribution in [1.82, 2.24) is 4.72 Å². The van der Waals surface area contributed by atoms with Crippen LogP contribution in [0.4, 0.5) is 4.39 Å². The van der Waals surface area contributed by atoms with E-state index in [0.29, 0.717) is 5.56 Å². The normalized spacial score (nSPS) is 14.0. The van der Waals surface area contributed by atoms with Crippen LogP contribution in [0.15, 0.2) is 53.4 Å². The maximum atomic E-state index is 13.0. The summed E-state index contributed by atoms with van der Waals surface area (Å²) in [5.41, 5.74) is 0.602. The Balaban J connectivity index is 2.16. The topological polar surface area (TPSA) is 72.5 Å². The summed E-state index contributed by atoms with van der Waals surface area (Å²) in [7, 11) is -3.96. The first kappa shape index (κ1) is 21.3. The number of halogens is 2. The predicted octanol–water partition coefficient (Wildman–Crippen LogP) is 4.09. The van der Waals surface area contributed by atoms with Gasteiger partial charge in [-0.3, -0.25) is 4.79 Å². The van der Waals surface area contributed by atoms with Crippen molar-refractivity contribution in [3.8, 4) is 0 Å². The molecule has 0 saturated carbocycles. The summed E-state index contributed by atoms with van der Waals surface area (Å²) in [5, 5.41) is 0.270. The number of carbonyl (C=O) groups excluding carboxylic acids is 1. The van der Waals surface area contributed by atoms with Crippen LogP contribution in [-0.2, 0) is 19.6 Å². The molecule has 0 bridgehead atoms. The molecular formula is C19H21ClFNO4S. The smallest absolute Gasteiger partial charge is 0.325 e. The van der Waals surface area contributed by atoms with Crippen LogP contribution in [0.25, 0.3) is 0 Å². The molecule has 0 amide bonds. The van der Waals surface area contributed by atoms with Crippen molar-refractivity contribution in [2.75, 3.05) is 0 Å². The highest BCUT2D eigenvalue weighted by molar-refractivity contribution is 7.89. The van der Waals surface area contributed by atoms with Gasteiger partial charge in [-0.1, -0.05) is 43.6 Å². The highest BCUT2D eigenvalue weighted by atomic mass is 35.5. The van der Waals surface area contributed by atoms with E-state index in [1.54, 1.807) is 26.8 Å². The van der Waals surface area contributed by atoms with Crippen LogP contribution in [0.5, 0.6) is 0 Å². The number of nitrogens with one attached hydrogen (secondary N) is 1. The van der Waals surface area contributed by atoms with Crippen molar-refractivity contribution in [3.05, 3.63) is 64.9 Å². The van der Waals surface area contributed by atoms with Crippen molar-refractivity contribution < 1.29 is 22.3 Å². The summed E-state index contributed by atoms with van der Waals surface area (Å²) in [5.74, 6) is -1.47. The summed E-state index contributed by atoms with van der Waals surface area (Å²) in [6, 6.07) is 10.2. The lowest BCUT2D eigenvalue weighted by atomic mass is 10.1. The van der Waals surface area contributed by atoms with Gasteiger partial charge in [-0.25, -0.2) is 12.8 Å². The minimum absolute atomic E-state index is 0.0416. The molecule has 146 valence electrons. The van der Waals surface area contributed by atoms with Crippen LogP contribution in [0, 0.1) is 11.7 Å². The van der Waals surface area contributed by atoms with Crippen molar-refractivity contribution in [1.29, 1.82) is 0 Å². The zero-order valence-corrected chi connectivity index (χ0v) is 16.7. The third-order valence-electron chi connectivity index (χ3n) is 3.94. The Labute approximate surface area is 163 Å². The second-order valence-electron chi connectivity index (χ2n) is 6.43. The lowest BCUT2D eigenvalue weighted by Gasteiger charge is -2.23. The Morgan fingerprint density at radius 2 is 1.74 bits per heavy atom. The van der Waals surface area contributed by atoms with E-state index in [1.807, 2.05) is 0 Å². The van der Waals surface area contributed by atoms with Gasteiger partial charge in [-0.2, -0.15) is 4.72 Å². The quantitative estimate of drug-likeness (QED) is 0.694. The van der Waals surface area contributed by atoms with Gasteiger partial charge in [0.1, 0.15) is 18.0 Å². The van der Waals surface area contributed by atoms with E-state index in [4.69, 9.17) is 16.3 Å². The van der Waals surface area contributed by atoms with Crippen LogP contribution in [0.2, 0.25) is 5.02 Å². The number of benzene rings is 2. The van der Waals surface area contributed by atoms with E-state index < -0.39 is 34.0 Å². The van der Waals surface area contributed by atoms with Crippen LogP contribution in [-0.4, -0.2) is 20.4 Å².